The first-order valence-corrected chi connectivity index (χ1v) is 5.75. The first-order valence-electron chi connectivity index (χ1n) is 5.75. The summed E-state index contributed by atoms with van der Waals surface area (Å²) in [6, 6.07) is 4.89. The number of aliphatic hydroxyl groups excluding tert-OH is 1. The molecule has 17 heavy (non-hydrogen) atoms. The molecule has 0 aliphatic rings. The van der Waals surface area contributed by atoms with Crippen LogP contribution in [0.1, 0.15) is 19.4 Å². The lowest BCUT2D eigenvalue weighted by molar-refractivity contribution is 0.210. The third kappa shape index (κ3) is 3.98. The molecular formula is C13H20FNO2. The van der Waals surface area contributed by atoms with Crippen LogP contribution >= 0.6 is 0 Å². The van der Waals surface area contributed by atoms with Gasteiger partial charge in [0, 0.05) is 12.6 Å². The van der Waals surface area contributed by atoms with Crippen LogP contribution in [-0.4, -0.2) is 24.9 Å². The van der Waals surface area contributed by atoms with Crippen LogP contribution in [0.2, 0.25) is 0 Å². The Morgan fingerprint density at radius 3 is 2.59 bits per heavy atom. The highest BCUT2D eigenvalue weighted by Crippen LogP contribution is 2.17. The van der Waals surface area contributed by atoms with E-state index in [1.807, 2.05) is 19.9 Å². The summed E-state index contributed by atoms with van der Waals surface area (Å²) in [6.07, 6.45) is 0. The standard InChI is InChI=1S/C13H20FNO2/c1-9(2)12(8-16)15-7-10-4-5-13(17-3)11(14)6-10/h4-6,9,12,15-16H,7-8H2,1-3H3. The molecule has 0 spiro atoms. The van der Waals surface area contributed by atoms with E-state index in [1.54, 1.807) is 6.07 Å². The molecule has 0 aromatic heterocycles. The summed E-state index contributed by atoms with van der Waals surface area (Å²) in [5.74, 6) is 0.219. The molecule has 1 rings (SSSR count). The second kappa shape index (κ2) is 6.57. The van der Waals surface area contributed by atoms with Crippen molar-refractivity contribution < 1.29 is 14.2 Å². The van der Waals surface area contributed by atoms with Gasteiger partial charge in [0.1, 0.15) is 0 Å². The highest BCUT2D eigenvalue weighted by Gasteiger charge is 2.11. The smallest absolute Gasteiger partial charge is 0.165 e. The maximum atomic E-state index is 13.4. The predicted molar refractivity (Wildman–Crippen MR) is 65.5 cm³/mol. The zero-order chi connectivity index (χ0) is 12.8. The van der Waals surface area contributed by atoms with E-state index in [-0.39, 0.29) is 24.2 Å². The van der Waals surface area contributed by atoms with Crippen LogP contribution in [0.15, 0.2) is 18.2 Å². The van der Waals surface area contributed by atoms with Crippen molar-refractivity contribution in [3.8, 4) is 5.75 Å². The number of nitrogens with one attached hydrogen (secondary N) is 1. The van der Waals surface area contributed by atoms with Gasteiger partial charge >= 0.3 is 0 Å². The summed E-state index contributed by atoms with van der Waals surface area (Å²) in [5.41, 5.74) is 0.836. The molecule has 0 bridgehead atoms. The van der Waals surface area contributed by atoms with Crippen molar-refractivity contribution in [2.45, 2.75) is 26.4 Å². The van der Waals surface area contributed by atoms with Crippen molar-refractivity contribution in [1.29, 1.82) is 0 Å². The van der Waals surface area contributed by atoms with Crippen LogP contribution < -0.4 is 10.1 Å². The summed E-state index contributed by atoms with van der Waals surface area (Å²) >= 11 is 0. The van der Waals surface area contributed by atoms with Crippen molar-refractivity contribution in [2.75, 3.05) is 13.7 Å². The molecule has 0 aliphatic heterocycles. The Labute approximate surface area is 102 Å². The van der Waals surface area contributed by atoms with E-state index in [2.05, 4.69) is 5.32 Å². The molecule has 1 atom stereocenters. The summed E-state index contributed by atoms with van der Waals surface area (Å²) < 4.78 is 18.3. The van der Waals surface area contributed by atoms with E-state index in [9.17, 15) is 4.39 Å². The first kappa shape index (κ1) is 13.9. The Morgan fingerprint density at radius 1 is 1.41 bits per heavy atom. The van der Waals surface area contributed by atoms with E-state index >= 15 is 0 Å². The average molecular weight is 241 g/mol. The third-order valence-corrected chi connectivity index (χ3v) is 2.79. The number of benzene rings is 1. The van der Waals surface area contributed by atoms with Gasteiger partial charge in [-0.25, -0.2) is 4.39 Å². The normalized spacial score (nSPS) is 12.8. The molecular weight excluding hydrogens is 221 g/mol. The van der Waals surface area contributed by atoms with Gasteiger partial charge in [-0.05, 0) is 23.6 Å². The number of hydrogen-bond acceptors (Lipinski definition) is 3. The monoisotopic (exact) mass is 241 g/mol. The maximum absolute atomic E-state index is 13.4. The molecule has 0 saturated heterocycles. The van der Waals surface area contributed by atoms with Crippen molar-refractivity contribution in [1.82, 2.24) is 5.32 Å². The lowest BCUT2D eigenvalue weighted by Gasteiger charge is -2.20. The summed E-state index contributed by atoms with van der Waals surface area (Å²) in [6.45, 7) is 4.67. The molecule has 4 heteroatoms. The summed E-state index contributed by atoms with van der Waals surface area (Å²) in [7, 11) is 1.44. The zero-order valence-electron chi connectivity index (χ0n) is 10.5. The zero-order valence-corrected chi connectivity index (χ0v) is 10.5. The highest BCUT2D eigenvalue weighted by molar-refractivity contribution is 5.29. The second-order valence-corrected chi connectivity index (χ2v) is 4.38. The molecule has 1 aromatic rings. The number of rotatable bonds is 6. The van der Waals surface area contributed by atoms with E-state index in [0.717, 1.165) is 5.56 Å². The van der Waals surface area contributed by atoms with Gasteiger partial charge in [-0.3, -0.25) is 0 Å². The lowest BCUT2D eigenvalue weighted by atomic mass is 10.1. The van der Waals surface area contributed by atoms with Gasteiger partial charge in [-0.2, -0.15) is 0 Å². The molecule has 0 radical (unpaired) electrons. The molecule has 0 fully saturated rings. The van der Waals surface area contributed by atoms with Crippen molar-refractivity contribution in [2.24, 2.45) is 5.92 Å². The van der Waals surface area contributed by atoms with E-state index in [1.165, 1.54) is 13.2 Å². The molecule has 96 valence electrons. The van der Waals surface area contributed by atoms with Crippen LogP contribution in [0.5, 0.6) is 5.75 Å². The van der Waals surface area contributed by atoms with Gasteiger partial charge in [-0.15, -0.1) is 0 Å². The Balaban J connectivity index is 2.60. The minimum atomic E-state index is -0.364. The fraction of sp³-hybridized carbons (Fsp3) is 0.538. The van der Waals surface area contributed by atoms with Crippen LogP contribution in [0.3, 0.4) is 0 Å². The van der Waals surface area contributed by atoms with Gasteiger partial charge in [0.15, 0.2) is 11.6 Å². The number of halogens is 1. The largest absolute Gasteiger partial charge is 0.494 e. The molecule has 0 aliphatic carbocycles. The summed E-state index contributed by atoms with van der Waals surface area (Å²) in [5, 5.41) is 12.3. The predicted octanol–water partition coefficient (Wildman–Crippen LogP) is 1.94. The van der Waals surface area contributed by atoms with E-state index in [0.29, 0.717) is 12.5 Å². The van der Waals surface area contributed by atoms with Crippen molar-refractivity contribution in [3.63, 3.8) is 0 Å². The molecule has 3 nitrogen and oxygen atoms in total. The quantitative estimate of drug-likeness (QED) is 0.799. The van der Waals surface area contributed by atoms with Gasteiger partial charge in [0.25, 0.3) is 0 Å². The van der Waals surface area contributed by atoms with Crippen molar-refractivity contribution >= 4 is 0 Å². The topological polar surface area (TPSA) is 41.5 Å². The molecule has 1 unspecified atom stereocenters. The van der Waals surface area contributed by atoms with Crippen LogP contribution in [0.25, 0.3) is 0 Å². The Hall–Kier alpha value is -1.13. The van der Waals surface area contributed by atoms with Crippen LogP contribution in [-0.2, 0) is 6.54 Å². The minimum absolute atomic E-state index is 0.0279. The SMILES string of the molecule is COc1ccc(CNC(CO)C(C)C)cc1F. The average Bonchev–Trinajstić information content (AvgIpc) is 2.29. The van der Waals surface area contributed by atoms with Crippen molar-refractivity contribution in [3.05, 3.63) is 29.6 Å². The minimum Gasteiger partial charge on any atom is -0.494 e. The number of aliphatic hydroxyl groups is 1. The fourth-order valence-corrected chi connectivity index (χ4v) is 1.58. The maximum Gasteiger partial charge on any atom is 0.165 e. The number of methoxy groups -OCH3 is 1. The Kier molecular flexibility index (Phi) is 5.38. The van der Waals surface area contributed by atoms with E-state index in [4.69, 9.17) is 9.84 Å². The first-order chi connectivity index (χ1) is 8.08. The van der Waals surface area contributed by atoms with E-state index < -0.39 is 0 Å². The molecule has 2 N–H and O–H groups in total. The molecule has 0 amide bonds. The van der Waals surface area contributed by atoms with Gasteiger partial charge in [0.2, 0.25) is 0 Å². The second-order valence-electron chi connectivity index (χ2n) is 4.38. The highest BCUT2D eigenvalue weighted by atomic mass is 19.1. The fourth-order valence-electron chi connectivity index (χ4n) is 1.58. The van der Waals surface area contributed by atoms with Gasteiger partial charge in [-0.1, -0.05) is 19.9 Å². The van der Waals surface area contributed by atoms with Crippen LogP contribution in [0, 0.1) is 11.7 Å². The molecule has 1 aromatic carbocycles. The van der Waals surface area contributed by atoms with Crippen LogP contribution in [0.4, 0.5) is 4.39 Å². The Morgan fingerprint density at radius 2 is 2.12 bits per heavy atom. The third-order valence-electron chi connectivity index (χ3n) is 2.79. The molecule has 0 heterocycles. The molecule has 0 saturated carbocycles. The van der Waals surface area contributed by atoms with Gasteiger partial charge in [0.05, 0.1) is 13.7 Å². The Bertz CT molecular complexity index is 355. The number of hydrogen-bond donors (Lipinski definition) is 2. The number of ether oxygens (including phenoxy) is 1. The van der Waals surface area contributed by atoms with Gasteiger partial charge < -0.3 is 15.2 Å². The lowest BCUT2D eigenvalue weighted by Crippen LogP contribution is -2.36. The summed E-state index contributed by atoms with van der Waals surface area (Å²) in [4.78, 5) is 0.